The largest absolute Gasteiger partial charge is 0.370 e. The summed E-state index contributed by atoms with van der Waals surface area (Å²) >= 11 is 7.51. The predicted octanol–water partition coefficient (Wildman–Crippen LogP) is 4.19. The van der Waals surface area contributed by atoms with Gasteiger partial charge in [-0.15, -0.1) is 11.3 Å². The summed E-state index contributed by atoms with van der Waals surface area (Å²) in [6, 6.07) is 5.89. The van der Waals surface area contributed by atoms with Crippen molar-refractivity contribution in [1.82, 2.24) is 9.97 Å². The summed E-state index contributed by atoms with van der Waals surface area (Å²) in [7, 11) is 0. The summed E-state index contributed by atoms with van der Waals surface area (Å²) < 4.78 is 0.809. The summed E-state index contributed by atoms with van der Waals surface area (Å²) in [5.41, 5.74) is 0. The van der Waals surface area contributed by atoms with Crippen LogP contribution in [0, 0.1) is 0 Å². The molecule has 0 saturated heterocycles. The lowest BCUT2D eigenvalue weighted by Gasteiger charge is -2.10. The van der Waals surface area contributed by atoms with E-state index in [-0.39, 0.29) is 0 Å². The van der Waals surface area contributed by atoms with Crippen molar-refractivity contribution in [2.75, 3.05) is 17.2 Å². The van der Waals surface area contributed by atoms with Crippen LogP contribution in [0.5, 0.6) is 0 Å². The fourth-order valence-corrected chi connectivity index (χ4v) is 2.74. The zero-order chi connectivity index (χ0) is 14.4. The van der Waals surface area contributed by atoms with Gasteiger partial charge < -0.3 is 10.6 Å². The second-order valence-electron chi connectivity index (χ2n) is 4.39. The minimum atomic E-state index is 0.727. The Morgan fingerprint density at radius 1 is 1.15 bits per heavy atom. The molecule has 0 atom stereocenters. The fraction of sp³-hybridized carbons (Fsp3) is 0.429. The molecule has 0 aromatic carbocycles. The minimum absolute atomic E-state index is 0.727. The molecule has 0 aliphatic rings. The van der Waals surface area contributed by atoms with Crippen LogP contribution in [0.25, 0.3) is 0 Å². The Morgan fingerprint density at radius 2 is 1.90 bits per heavy atom. The van der Waals surface area contributed by atoms with Gasteiger partial charge in [0.1, 0.15) is 17.5 Å². The third-order valence-corrected chi connectivity index (χ3v) is 3.95. The number of anilines is 2. The first-order valence-corrected chi connectivity index (χ1v) is 8.00. The number of nitrogens with one attached hydrogen (secondary N) is 2. The lowest BCUT2D eigenvalue weighted by Crippen LogP contribution is -2.08. The van der Waals surface area contributed by atoms with E-state index < -0.39 is 0 Å². The van der Waals surface area contributed by atoms with E-state index in [0.717, 1.165) is 47.7 Å². The van der Waals surface area contributed by atoms with E-state index in [1.807, 2.05) is 18.2 Å². The molecule has 0 spiro atoms. The van der Waals surface area contributed by atoms with E-state index in [4.69, 9.17) is 11.6 Å². The van der Waals surface area contributed by atoms with Crippen LogP contribution < -0.4 is 10.6 Å². The highest BCUT2D eigenvalue weighted by Gasteiger charge is 2.04. The molecule has 0 bridgehead atoms. The first-order chi connectivity index (χ1) is 9.71. The highest BCUT2D eigenvalue weighted by atomic mass is 35.5. The number of hydrogen-bond acceptors (Lipinski definition) is 5. The number of hydrogen-bond donors (Lipinski definition) is 2. The zero-order valence-corrected chi connectivity index (χ0v) is 13.3. The zero-order valence-electron chi connectivity index (χ0n) is 11.7. The average molecular weight is 311 g/mol. The molecule has 2 heterocycles. The van der Waals surface area contributed by atoms with Crippen LogP contribution in [0.2, 0.25) is 4.34 Å². The lowest BCUT2D eigenvalue weighted by molar-refractivity contribution is 0.914. The van der Waals surface area contributed by atoms with Crippen molar-refractivity contribution in [3.63, 3.8) is 0 Å². The topological polar surface area (TPSA) is 49.8 Å². The van der Waals surface area contributed by atoms with Crippen LogP contribution in [0.15, 0.2) is 18.2 Å². The SMILES string of the molecule is CCCNc1cc(NCc2ccc(Cl)s2)nc(CC)n1. The van der Waals surface area contributed by atoms with Crippen molar-refractivity contribution in [2.24, 2.45) is 0 Å². The number of aryl methyl sites for hydroxylation is 1. The molecule has 2 aromatic heterocycles. The summed E-state index contributed by atoms with van der Waals surface area (Å²) in [6.45, 7) is 5.83. The number of rotatable bonds is 7. The molecule has 20 heavy (non-hydrogen) atoms. The average Bonchev–Trinajstić information content (AvgIpc) is 2.88. The molecule has 4 nitrogen and oxygen atoms in total. The first-order valence-electron chi connectivity index (χ1n) is 6.81. The monoisotopic (exact) mass is 310 g/mol. The second-order valence-corrected chi connectivity index (χ2v) is 6.19. The highest BCUT2D eigenvalue weighted by Crippen LogP contribution is 2.22. The Balaban J connectivity index is 2.05. The number of halogens is 1. The van der Waals surface area contributed by atoms with Gasteiger partial charge in [-0.2, -0.15) is 0 Å². The lowest BCUT2D eigenvalue weighted by atomic mass is 10.4. The van der Waals surface area contributed by atoms with E-state index in [9.17, 15) is 0 Å². The Kier molecular flexibility index (Phi) is 5.61. The quantitative estimate of drug-likeness (QED) is 0.805. The van der Waals surface area contributed by atoms with Gasteiger partial charge in [0.05, 0.1) is 10.9 Å². The van der Waals surface area contributed by atoms with Crippen molar-refractivity contribution in [3.05, 3.63) is 33.2 Å². The molecule has 2 N–H and O–H groups in total. The van der Waals surface area contributed by atoms with Gasteiger partial charge in [0.2, 0.25) is 0 Å². The molecule has 2 aromatic rings. The molecule has 0 saturated carbocycles. The Hall–Kier alpha value is -1.33. The van der Waals surface area contributed by atoms with Crippen LogP contribution in [-0.4, -0.2) is 16.5 Å². The van der Waals surface area contributed by atoms with Crippen molar-refractivity contribution >= 4 is 34.6 Å². The Morgan fingerprint density at radius 3 is 2.50 bits per heavy atom. The van der Waals surface area contributed by atoms with Crippen molar-refractivity contribution in [1.29, 1.82) is 0 Å². The normalized spacial score (nSPS) is 10.6. The maximum atomic E-state index is 5.93. The van der Waals surface area contributed by atoms with E-state index in [0.29, 0.717) is 0 Å². The molecule has 0 radical (unpaired) electrons. The molecule has 6 heteroatoms. The van der Waals surface area contributed by atoms with E-state index >= 15 is 0 Å². The smallest absolute Gasteiger partial charge is 0.132 e. The van der Waals surface area contributed by atoms with Crippen LogP contribution in [0.3, 0.4) is 0 Å². The number of nitrogens with zero attached hydrogens (tertiary/aromatic N) is 2. The molecule has 2 rings (SSSR count). The third-order valence-electron chi connectivity index (χ3n) is 2.72. The second kappa shape index (κ2) is 7.45. The van der Waals surface area contributed by atoms with Crippen molar-refractivity contribution in [3.8, 4) is 0 Å². The third kappa shape index (κ3) is 4.35. The highest BCUT2D eigenvalue weighted by molar-refractivity contribution is 7.16. The molecule has 108 valence electrons. The Labute approximate surface area is 128 Å². The van der Waals surface area contributed by atoms with Gasteiger partial charge in [-0.05, 0) is 18.6 Å². The van der Waals surface area contributed by atoms with Crippen LogP contribution >= 0.6 is 22.9 Å². The molecular weight excluding hydrogens is 292 g/mol. The summed E-state index contributed by atoms with van der Waals surface area (Å²) in [6.07, 6.45) is 1.89. The summed E-state index contributed by atoms with van der Waals surface area (Å²) in [5.74, 6) is 2.57. The standard InChI is InChI=1S/C14H19ClN4S/c1-3-7-16-13-8-14(19-12(4-2)18-13)17-9-10-5-6-11(15)20-10/h5-6,8H,3-4,7,9H2,1-2H3,(H2,16,17,18,19). The maximum absolute atomic E-state index is 5.93. The summed E-state index contributed by atoms with van der Waals surface area (Å²) in [5, 5.41) is 6.63. The van der Waals surface area contributed by atoms with Crippen LogP contribution in [0.1, 0.15) is 31.0 Å². The number of aromatic nitrogens is 2. The molecule has 0 aliphatic carbocycles. The first kappa shape index (κ1) is 15.1. The van der Waals surface area contributed by atoms with Crippen molar-refractivity contribution in [2.45, 2.75) is 33.2 Å². The number of thiophene rings is 1. The van der Waals surface area contributed by atoms with Crippen LogP contribution in [0.4, 0.5) is 11.6 Å². The molecule has 0 amide bonds. The maximum Gasteiger partial charge on any atom is 0.132 e. The van der Waals surface area contributed by atoms with Crippen LogP contribution in [-0.2, 0) is 13.0 Å². The van der Waals surface area contributed by atoms with Crippen molar-refractivity contribution < 1.29 is 0 Å². The van der Waals surface area contributed by atoms with Gasteiger partial charge in [0, 0.05) is 23.9 Å². The molecular formula is C14H19ClN4S. The molecule has 0 aliphatic heterocycles. The minimum Gasteiger partial charge on any atom is -0.370 e. The van der Waals surface area contributed by atoms with Gasteiger partial charge in [0.25, 0.3) is 0 Å². The van der Waals surface area contributed by atoms with Gasteiger partial charge in [0.15, 0.2) is 0 Å². The van der Waals surface area contributed by atoms with Gasteiger partial charge in [-0.3, -0.25) is 0 Å². The predicted molar refractivity (Wildman–Crippen MR) is 86.8 cm³/mol. The van der Waals surface area contributed by atoms with Gasteiger partial charge >= 0.3 is 0 Å². The van der Waals surface area contributed by atoms with E-state index in [1.54, 1.807) is 11.3 Å². The molecule has 0 unspecified atom stereocenters. The van der Waals surface area contributed by atoms with Gasteiger partial charge in [-0.1, -0.05) is 25.4 Å². The molecule has 0 fully saturated rings. The van der Waals surface area contributed by atoms with E-state index in [1.165, 1.54) is 4.88 Å². The van der Waals surface area contributed by atoms with E-state index in [2.05, 4.69) is 34.4 Å². The Bertz CT molecular complexity index is 556. The summed E-state index contributed by atoms with van der Waals surface area (Å²) in [4.78, 5) is 10.1. The fourth-order valence-electron chi connectivity index (χ4n) is 1.71. The van der Waals surface area contributed by atoms with Gasteiger partial charge in [-0.25, -0.2) is 9.97 Å².